The van der Waals surface area contributed by atoms with Crippen molar-refractivity contribution in [3.8, 4) is 0 Å². The molecule has 1 N–H and O–H groups in total. The van der Waals surface area contributed by atoms with Gasteiger partial charge in [0.1, 0.15) is 5.82 Å². The molecule has 1 rings (SSSR count). The Morgan fingerprint density at radius 2 is 2.24 bits per heavy atom. The molecule has 0 amide bonds. The van der Waals surface area contributed by atoms with Crippen LogP contribution in [0.1, 0.15) is 5.56 Å². The van der Waals surface area contributed by atoms with Crippen molar-refractivity contribution in [1.82, 2.24) is 10.2 Å². The van der Waals surface area contributed by atoms with E-state index in [9.17, 15) is 14.5 Å². The van der Waals surface area contributed by atoms with Crippen LogP contribution in [0, 0.1) is 15.9 Å². The molecule has 0 aliphatic carbocycles. The van der Waals surface area contributed by atoms with Gasteiger partial charge in [0.2, 0.25) is 0 Å². The molecule has 0 bridgehead atoms. The summed E-state index contributed by atoms with van der Waals surface area (Å²) in [5.41, 5.74) is 0.358. The standard InChI is InChI=1S/C11H16FN3O2/c1-13-5-6-14(2)8-9-7-10(12)3-4-11(9)15(16)17/h3-4,7,13H,5-6,8H2,1-2H3. The molecule has 0 fully saturated rings. The third-order valence-electron chi connectivity index (χ3n) is 2.42. The molecule has 5 nitrogen and oxygen atoms in total. The third-order valence-corrected chi connectivity index (χ3v) is 2.42. The van der Waals surface area contributed by atoms with Crippen molar-refractivity contribution in [2.45, 2.75) is 6.54 Å². The van der Waals surface area contributed by atoms with E-state index in [-0.39, 0.29) is 5.69 Å². The van der Waals surface area contributed by atoms with Gasteiger partial charge in [-0.05, 0) is 26.2 Å². The number of rotatable bonds is 6. The van der Waals surface area contributed by atoms with Crippen molar-refractivity contribution in [2.24, 2.45) is 0 Å². The zero-order chi connectivity index (χ0) is 12.8. The van der Waals surface area contributed by atoms with Crippen molar-refractivity contribution < 1.29 is 9.31 Å². The van der Waals surface area contributed by atoms with E-state index in [1.165, 1.54) is 12.1 Å². The van der Waals surface area contributed by atoms with Crippen molar-refractivity contribution in [1.29, 1.82) is 0 Å². The summed E-state index contributed by atoms with van der Waals surface area (Å²) >= 11 is 0. The lowest BCUT2D eigenvalue weighted by Crippen LogP contribution is -2.27. The molecule has 0 heterocycles. The molecule has 0 radical (unpaired) electrons. The number of likely N-dealkylation sites (N-methyl/N-ethyl adjacent to an activating group) is 2. The summed E-state index contributed by atoms with van der Waals surface area (Å²) in [7, 11) is 3.67. The van der Waals surface area contributed by atoms with Crippen LogP contribution in [0.2, 0.25) is 0 Å². The Morgan fingerprint density at radius 3 is 2.82 bits per heavy atom. The van der Waals surface area contributed by atoms with Gasteiger partial charge in [-0.25, -0.2) is 4.39 Å². The monoisotopic (exact) mass is 241 g/mol. The SMILES string of the molecule is CNCCN(C)Cc1cc(F)ccc1[N+](=O)[O-]. The second kappa shape index (κ2) is 6.27. The molecule has 1 aromatic carbocycles. The Labute approximate surface area is 99.4 Å². The van der Waals surface area contributed by atoms with Crippen LogP contribution >= 0.6 is 0 Å². The number of benzene rings is 1. The van der Waals surface area contributed by atoms with Crippen LogP contribution in [0.25, 0.3) is 0 Å². The fraction of sp³-hybridized carbons (Fsp3) is 0.455. The van der Waals surface area contributed by atoms with Gasteiger partial charge in [0.05, 0.1) is 4.92 Å². The number of nitrogens with one attached hydrogen (secondary N) is 1. The second-order valence-corrected chi connectivity index (χ2v) is 3.87. The average molecular weight is 241 g/mol. The Morgan fingerprint density at radius 1 is 1.53 bits per heavy atom. The van der Waals surface area contributed by atoms with E-state index in [1.54, 1.807) is 0 Å². The molecule has 0 atom stereocenters. The van der Waals surface area contributed by atoms with Gasteiger partial charge in [-0.3, -0.25) is 10.1 Å². The van der Waals surface area contributed by atoms with Crippen molar-refractivity contribution in [3.63, 3.8) is 0 Å². The zero-order valence-electron chi connectivity index (χ0n) is 9.94. The van der Waals surface area contributed by atoms with Crippen molar-refractivity contribution in [3.05, 3.63) is 39.7 Å². The zero-order valence-corrected chi connectivity index (χ0v) is 9.94. The van der Waals surface area contributed by atoms with Gasteiger partial charge in [0, 0.05) is 31.3 Å². The van der Waals surface area contributed by atoms with Gasteiger partial charge in [0.15, 0.2) is 0 Å². The molecular weight excluding hydrogens is 225 g/mol. The third kappa shape index (κ3) is 4.08. The second-order valence-electron chi connectivity index (χ2n) is 3.87. The van der Waals surface area contributed by atoms with Crippen LogP contribution in [0.5, 0.6) is 0 Å². The van der Waals surface area contributed by atoms with Gasteiger partial charge >= 0.3 is 0 Å². The van der Waals surface area contributed by atoms with Crippen molar-refractivity contribution in [2.75, 3.05) is 27.2 Å². The molecule has 0 saturated heterocycles. The van der Waals surface area contributed by atoms with E-state index in [0.717, 1.165) is 19.2 Å². The summed E-state index contributed by atoms with van der Waals surface area (Å²) in [5, 5.41) is 13.8. The van der Waals surface area contributed by atoms with E-state index in [4.69, 9.17) is 0 Å². The molecule has 1 aromatic rings. The Bertz CT molecular complexity index is 398. The Balaban J connectivity index is 2.81. The largest absolute Gasteiger partial charge is 0.318 e. The summed E-state index contributed by atoms with van der Waals surface area (Å²) < 4.78 is 13.1. The molecule has 0 aliphatic rings. The maximum absolute atomic E-state index is 13.1. The summed E-state index contributed by atoms with van der Waals surface area (Å²) in [6.45, 7) is 1.87. The highest BCUT2D eigenvalue weighted by Gasteiger charge is 2.15. The minimum absolute atomic E-state index is 0.0392. The average Bonchev–Trinajstić information content (AvgIpc) is 2.26. The maximum atomic E-state index is 13.1. The lowest BCUT2D eigenvalue weighted by atomic mass is 10.1. The molecule has 0 saturated carbocycles. The first kappa shape index (κ1) is 13.5. The molecule has 6 heteroatoms. The molecule has 17 heavy (non-hydrogen) atoms. The Hall–Kier alpha value is -1.53. The van der Waals surface area contributed by atoms with Gasteiger partial charge < -0.3 is 10.2 Å². The smallest absolute Gasteiger partial charge is 0.274 e. The number of hydrogen-bond donors (Lipinski definition) is 1. The van der Waals surface area contributed by atoms with E-state index < -0.39 is 10.7 Å². The molecule has 94 valence electrons. The molecular formula is C11H16FN3O2. The van der Waals surface area contributed by atoms with E-state index in [2.05, 4.69) is 5.32 Å². The van der Waals surface area contributed by atoms with Crippen LogP contribution in [0.15, 0.2) is 18.2 Å². The van der Waals surface area contributed by atoms with Crippen LogP contribution in [-0.4, -0.2) is 37.0 Å². The molecule has 0 aromatic heterocycles. The molecule has 0 unspecified atom stereocenters. The maximum Gasteiger partial charge on any atom is 0.274 e. The first-order chi connectivity index (χ1) is 8.04. The number of nitro groups is 1. The fourth-order valence-electron chi connectivity index (χ4n) is 1.53. The summed E-state index contributed by atoms with van der Waals surface area (Å²) in [5.74, 6) is -0.451. The Kier molecular flexibility index (Phi) is 4.99. The lowest BCUT2D eigenvalue weighted by Gasteiger charge is -2.16. The summed E-state index contributed by atoms with van der Waals surface area (Å²) in [4.78, 5) is 12.2. The quantitative estimate of drug-likeness (QED) is 0.604. The fourth-order valence-corrected chi connectivity index (χ4v) is 1.53. The van der Waals surface area contributed by atoms with Crippen LogP contribution in [0.4, 0.5) is 10.1 Å². The van der Waals surface area contributed by atoms with Gasteiger partial charge in [-0.15, -0.1) is 0 Å². The van der Waals surface area contributed by atoms with Crippen LogP contribution < -0.4 is 5.32 Å². The number of halogens is 1. The highest BCUT2D eigenvalue weighted by molar-refractivity contribution is 5.40. The highest BCUT2D eigenvalue weighted by Crippen LogP contribution is 2.20. The molecule has 0 aliphatic heterocycles. The van der Waals surface area contributed by atoms with E-state index in [1.807, 2.05) is 19.0 Å². The van der Waals surface area contributed by atoms with Crippen LogP contribution in [0.3, 0.4) is 0 Å². The summed E-state index contributed by atoms with van der Waals surface area (Å²) in [6, 6.07) is 3.53. The van der Waals surface area contributed by atoms with Crippen LogP contribution in [-0.2, 0) is 6.54 Å². The van der Waals surface area contributed by atoms with E-state index in [0.29, 0.717) is 12.1 Å². The van der Waals surface area contributed by atoms with E-state index >= 15 is 0 Å². The topological polar surface area (TPSA) is 58.4 Å². The first-order valence-corrected chi connectivity index (χ1v) is 5.30. The van der Waals surface area contributed by atoms with Gasteiger partial charge in [-0.2, -0.15) is 0 Å². The van der Waals surface area contributed by atoms with Gasteiger partial charge in [-0.1, -0.05) is 0 Å². The lowest BCUT2D eigenvalue weighted by molar-refractivity contribution is -0.385. The van der Waals surface area contributed by atoms with Crippen molar-refractivity contribution >= 4 is 5.69 Å². The predicted molar refractivity (Wildman–Crippen MR) is 63.3 cm³/mol. The minimum Gasteiger partial charge on any atom is -0.318 e. The molecule has 0 spiro atoms. The number of nitro benzene ring substituents is 1. The number of nitrogens with zero attached hydrogens (tertiary/aromatic N) is 2. The normalized spacial score (nSPS) is 10.8. The predicted octanol–water partition coefficient (Wildman–Crippen LogP) is 1.39. The first-order valence-electron chi connectivity index (χ1n) is 5.30. The highest BCUT2D eigenvalue weighted by atomic mass is 19.1. The number of hydrogen-bond acceptors (Lipinski definition) is 4. The van der Waals surface area contributed by atoms with Gasteiger partial charge in [0.25, 0.3) is 5.69 Å². The minimum atomic E-state index is -0.485. The summed E-state index contributed by atoms with van der Waals surface area (Å²) in [6.07, 6.45) is 0.